The van der Waals surface area contributed by atoms with Gasteiger partial charge in [0.05, 0.1) is 12.2 Å². The number of fused-ring (bicyclic) bond motifs is 14. The molecule has 6 bridgehead atoms. The molecule has 0 fully saturated rings. The minimum absolute atomic E-state index is 0.182. The second-order valence-electron chi connectivity index (χ2n) is 14.1. The van der Waals surface area contributed by atoms with Gasteiger partial charge in [-0.15, -0.1) is 24.7 Å². The van der Waals surface area contributed by atoms with Gasteiger partial charge in [0.1, 0.15) is 22.6 Å². The van der Waals surface area contributed by atoms with Gasteiger partial charge in [0.2, 0.25) is 0 Å². The summed E-state index contributed by atoms with van der Waals surface area (Å²) in [6.07, 6.45) is 11.6. The van der Waals surface area contributed by atoms with E-state index in [2.05, 4.69) is 11.8 Å². The molecule has 4 aliphatic rings. The van der Waals surface area contributed by atoms with Crippen molar-refractivity contribution < 1.29 is 17.2 Å². The Labute approximate surface area is 338 Å². The predicted molar refractivity (Wildman–Crippen MR) is 227 cm³/mol. The van der Waals surface area contributed by atoms with Gasteiger partial charge in [-0.25, -0.2) is 34.5 Å². The maximum Gasteiger partial charge on any atom is 0.818 e. The molecule has 2 atom stereocenters. The first kappa shape index (κ1) is 36.4. The molecule has 4 aromatic carbocycles. The van der Waals surface area contributed by atoms with Gasteiger partial charge >= 0.3 is 22.7 Å². The number of aromatic nitrogens is 2. The minimum atomic E-state index is -4.56. The van der Waals surface area contributed by atoms with E-state index >= 15 is 4.57 Å². The Kier molecular flexibility index (Phi) is 9.04. The number of nitrogens with zero attached hydrogens (tertiary/aromatic N) is 8. The van der Waals surface area contributed by atoms with E-state index in [0.29, 0.717) is 58.8 Å². The van der Waals surface area contributed by atoms with Crippen LogP contribution in [0.15, 0.2) is 127 Å². The molecule has 58 heavy (non-hydrogen) atoms. The van der Waals surface area contributed by atoms with Crippen LogP contribution in [0.5, 0.6) is 0 Å². The number of phosphoric acid groups is 1. The molecule has 2 aromatic heterocycles. The Balaban J connectivity index is 1.39. The second-order valence-corrected chi connectivity index (χ2v) is 18.0. The summed E-state index contributed by atoms with van der Waals surface area (Å²) in [4.78, 5) is 31.5. The molecule has 6 aromatic rings. The predicted octanol–water partition coefficient (Wildman–Crippen LogP) is 7.68. The fourth-order valence-corrected chi connectivity index (χ4v) is 13.0. The number of phosphoric ester groups is 1. The summed E-state index contributed by atoms with van der Waals surface area (Å²) < 4.78 is 39.6. The largest absolute Gasteiger partial charge is 0.818 e. The third-order valence-corrected chi connectivity index (χ3v) is 15.4. The molecule has 2 unspecified atom stereocenters. The monoisotopic (exact) mass is 796 g/mol. The van der Waals surface area contributed by atoms with E-state index in [9.17, 15) is 0 Å². The molecule has 0 aliphatic carbocycles. The van der Waals surface area contributed by atoms with Crippen molar-refractivity contribution in [3.05, 3.63) is 130 Å². The highest BCUT2D eigenvalue weighted by Crippen LogP contribution is 2.55. The number of hydrogen-bond acceptors (Lipinski definition) is 10. The molecule has 14 heteroatoms. The lowest BCUT2D eigenvalue weighted by atomic mass is 10.1. The van der Waals surface area contributed by atoms with Crippen molar-refractivity contribution >= 4 is 79.3 Å². The molecule has 4 aliphatic heterocycles. The highest BCUT2D eigenvalue weighted by Gasteiger charge is 2.49. The van der Waals surface area contributed by atoms with Crippen LogP contribution in [-0.4, -0.2) is 57.6 Å². The van der Waals surface area contributed by atoms with Gasteiger partial charge in [-0.05, 0) is 12.8 Å². The Morgan fingerprint density at radius 1 is 0.569 bits per heavy atom. The Hall–Kier alpha value is -6.00. The zero-order valence-corrected chi connectivity index (χ0v) is 33.7. The molecule has 0 N–H and O–H groups in total. The van der Waals surface area contributed by atoms with Crippen molar-refractivity contribution in [3.63, 3.8) is 0 Å². The summed E-state index contributed by atoms with van der Waals surface area (Å²) in [5.41, 5.74) is 4.26. The molecule has 0 saturated carbocycles. The van der Waals surface area contributed by atoms with Crippen molar-refractivity contribution in [2.24, 2.45) is 30.0 Å². The van der Waals surface area contributed by atoms with Gasteiger partial charge in [-0.3, -0.25) is 9.05 Å². The molecule has 0 amide bonds. The molecule has 0 radical (unpaired) electrons. The van der Waals surface area contributed by atoms with Crippen LogP contribution in [0.2, 0.25) is 0 Å². The van der Waals surface area contributed by atoms with Crippen LogP contribution in [-0.2, 0) is 17.2 Å². The maximum atomic E-state index is 15.7. The average molecular weight is 797 g/mol. The van der Waals surface area contributed by atoms with E-state index in [0.717, 1.165) is 43.8 Å². The molecule has 0 spiro atoms. The number of rotatable bonds is 10. The van der Waals surface area contributed by atoms with E-state index in [1.165, 1.54) is 0 Å². The highest BCUT2D eigenvalue weighted by molar-refractivity contribution is 7.50. The fourth-order valence-electron chi connectivity index (χ4n) is 7.81. The SMILES string of the molecule is C#CCC(CC)OP(=O)(OC(CC)CC#C)[O][Al]1[n]2c3c4ccccc4c2N=C2N=C(N=c4c5ccccc5c([n]41)=NC1=NC(=N3)c3ccccc31)c1ccccc12. The Morgan fingerprint density at radius 3 is 1.34 bits per heavy atom. The summed E-state index contributed by atoms with van der Waals surface area (Å²) in [5, 5.41) is 3.09. The van der Waals surface area contributed by atoms with Crippen molar-refractivity contribution in [1.82, 2.24) is 7.10 Å². The number of hydrogen-bond donors (Lipinski definition) is 0. The first-order valence-electron chi connectivity index (χ1n) is 19.2. The van der Waals surface area contributed by atoms with Crippen molar-refractivity contribution in [2.45, 2.75) is 51.7 Å². The van der Waals surface area contributed by atoms with Crippen LogP contribution in [0.3, 0.4) is 0 Å². The lowest BCUT2D eigenvalue weighted by Gasteiger charge is -2.29. The average Bonchev–Trinajstić information content (AvgIpc) is 3.96. The molecular formula is C44H34AlN8O4P. The molecule has 10 rings (SSSR count). The number of benzene rings is 4. The van der Waals surface area contributed by atoms with E-state index in [1.54, 1.807) is 0 Å². The van der Waals surface area contributed by atoms with Gasteiger partial charge in [0, 0.05) is 56.6 Å². The second kappa shape index (κ2) is 14.4. The zero-order valence-electron chi connectivity index (χ0n) is 31.6. The minimum Gasteiger partial charge on any atom is -0.373 e. The number of terminal acetylenes is 2. The third kappa shape index (κ3) is 5.87. The number of amidine groups is 4. The van der Waals surface area contributed by atoms with Gasteiger partial charge in [0.25, 0.3) is 0 Å². The lowest BCUT2D eigenvalue weighted by Crippen LogP contribution is -2.48. The van der Waals surface area contributed by atoms with Crippen LogP contribution < -0.4 is 11.0 Å². The summed E-state index contributed by atoms with van der Waals surface area (Å²) >= 11 is -3.64. The topological polar surface area (TPSA) is 129 Å². The summed E-state index contributed by atoms with van der Waals surface area (Å²) in [6.45, 7) is 3.82. The summed E-state index contributed by atoms with van der Waals surface area (Å²) in [5.74, 6) is 8.17. The van der Waals surface area contributed by atoms with Gasteiger partial charge in [0.15, 0.2) is 23.3 Å². The molecular weight excluding hydrogens is 762 g/mol. The fraction of sp³-hybridized carbons (Fsp3) is 0.182. The van der Waals surface area contributed by atoms with Gasteiger partial charge in [-0.2, -0.15) is 0 Å². The van der Waals surface area contributed by atoms with Crippen LogP contribution >= 0.6 is 7.82 Å². The van der Waals surface area contributed by atoms with Crippen LogP contribution in [0, 0.1) is 24.7 Å². The zero-order chi connectivity index (χ0) is 39.5. The standard InChI is InChI=1S/C32H16N8.C12H19O4P.Al/c1-2-10-18-17(9-1)25-33-26(18)38-28-21-13-5-6-14-22(21)30(35-28)40-32-24-16-8-7-15-23(24)31(36-32)39-29-20-12-4-3-11-19(20)27(34-29)37-25;1-5-9-11(7-3)15-17(13,14)16-12(8-4)10-6-2;/h1-16H;1-2,11-12H,7-10H2,3-4H3,(H,13,14);/q-2;;+3/p-1. The summed E-state index contributed by atoms with van der Waals surface area (Å²) in [7, 11) is -4.56. The molecule has 12 nitrogen and oxygen atoms in total. The first-order valence-corrected chi connectivity index (χ1v) is 22.1. The van der Waals surface area contributed by atoms with E-state index in [4.69, 9.17) is 55.4 Å². The summed E-state index contributed by atoms with van der Waals surface area (Å²) in [6, 6.07) is 31.5. The molecule has 0 saturated heterocycles. The third-order valence-electron chi connectivity index (χ3n) is 10.6. The van der Waals surface area contributed by atoms with Crippen molar-refractivity contribution in [2.75, 3.05) is 0 Å². The Morgan fingerprint density at radius 2 is 0.948 bits per heavy atom. The van der Waals surface area contributed by atoms with Crippen LogP contribution in [0.25, 0.3) is 21.5 Å². The highest BCUT2D eigenvalue weighted by atomic mass is 31.2. The lowest BCUT2D eigenvalue weighted by molar-refractivity contribution is 0.0771. The Bertz CT molecular complexity index is 2930. The molecule has 282 valence electrons. The quantitative estimate of drug-likeness (QED) is 0.0800. The van der Waals surface area contributed by atoms with Crippen LogP contribution in [0.1, 0.15) is 61.8 Å². The number of aliphatic imine (C=N–C) groups is 4. The van der Waals surface area contributed by atoms with Gasteiger partial charge in [-0.1, -0.05) is 111 Å². The normalized spacial score (nSPS) is 16.6. The van der Waals surface area contributed by atoms with E-state index in [1.807, 2.05) is 118 Å². The van der Waals surface area contributed by atoms with E-state index in [-0.39, 0.29) is 12.8 Å². The maximum absolute atomic E-state index is 15.7. The van der Waals surface area contributed by atoms with Crippen LogP contribution in [0.4, 0.5) is 11.6 Å². The van der Waals surface area contributed by atoms with E-state index < -0.39 is 35.0 Å². The van der Waals surface area contributed by atoms with Crippen molar-refractivity contribution in [3.8, 4) is 24.7 Å². The van der Waals surface area contributed by atoms with Gasteiger partial charge < -0.3 is 10.7 Å². The smallest absolute Gasteiger partial charge is 0.373 e. The molecule has 6 heterocycles. The van der Waals surface area contributed by atoms with Crippen molar-refractivity contribution in [1.29, 1.82) is 0 Å². The first-order chi connectivity index (χ1) is 28.4.